The van der Waals surface area contributed by atoms with Crippen molar-refractivity contribution < 1.29 is 9.47 Å². The van der Waals surface area contributed by atoms with Crippen LogP contribution in [-0.4, -0.2) is 40.5 Å². The first-order chi connectivity index (χ1) is 10.2. The standard InChI is InChI=1S/C14H19N5O2/c1-20-12-5-3-4-11(12)19-14(16-17-18-19)10-7-6-9(15)8-13(10)21-2/h6-8,11-12H,3-5,15H2,1-2H3. The molecule has 0 saturated heterocycles. The van der Waals surface area contributed by atoms with Crippen molar-refractivity contribution in [3.63, 3.8) is 0 Å². The van der Waals surface area contributed by atoms with Gasteiger partial charge in [0.25, 0.3) is 0 Å². The fraction of sp³-hybridized carbons (Fsp3) is 0.500. The number of nitrogen functional groups attached to an aromatic ring is 1. The van der Waals surface area contributed by atoms with Crippen molar-refractivity contribution in [1.29, 1.82) is 0 Å². The van der Waals surface area contributed by atoms with E-state index >= 15 is 0 Å². The maximum Gasteiger partial charge on any atom is 0.186 e. The molecule has 2 unspecified atom stereocenters. The maximum atomic E-state index is 5.80. The van der Waals surface area contributed by atoms with Gasteiger partial charge >= 0.3 is 0 Å². The molecule has 1 aliphatic carbocycles. The van der Waals surface area contributed by atoms with Crippen molar-refractivity contribution in [2.24, 2.45) is 0 Å². The van der Waals surface area contributed by atoms with Gasteiger partial charge < -0.3 is 15.2 Å². The fourth-order valence-corrected chi connectivity index (χ4v) is 2.95. The first kappa shape index (κ1) is 13.8. The molecule has 112 valence electrons. The summed E-state index contributed by atoms with van der Waals surface area (Å²) in [6.45, 7) is 0. The number of tetrazole rings is 1. The van der Waals surface area contributed by atoms with E-state index in [4.69, 9.17) is 15.2 Å². The Bertz CT molecular complexity index is 628. The maximum absolute atomic E-state index is 5.80. The highest BCUT2D eigenvalue weighted by atomic mass is 16.5. The van der Waals surface area contributed by atoms with Crippen molar-refractivity contribution in [2.45, 2.75) is 31.4 Å². The van der Waals surface area contributed by atoms with Crippen LogP contribution >= 0.6 is 0 Å². The van der Waals surface area contributed by atoms with E-state index in [1.807, 2.05) is 16.8 Å². The number of nitrogens with two attached hydrogens (primary N) is 1. The summed E-state index contributed by atoms with van der Waals surface area (Å²) >= 11 is 0. The molecule has 7 heteroatoms. The lowest BCUT2D eigenvalue weighted by atomic mass is 10.1. The Hall–Kier alpha value is -2.15. The zero-order valence-corrected chi connectivity index (χ0v) is 12.2. The summed E-state index contributed by atoms with van der Waals surface area (Å²) in [7, 11) is 3.34. The number of nitrogens with zero attached hydrogens (tertiary/aromatic N) is 4. The monoisotopic (exact) mass is 289 g/mol. The Labute approximate surface area is 123 Å². The van der Waals surface area contributed by atoms with Gasteiger partial charge in [-0.15, -0.1) is 5.10 Å². The number of hydrogen-bond donors (Lipinski definition) is 1. The quantitative estimate of drug-likeness (QED) is 0.861. The van der Waals surface area contributed by atoms with Crippen molar-refractivity contribution in [2.75, 3.05) is 20.0 Å². The predicted molar refractivity (Wildman–Crippen MR) is 77.9 cm³/mol. The van der Waals surface area contributed by atoms with Gasteiger partial charge in [0.15, 0.2) is 5.82 Å². The van der Waals surface area contributed by atoms with Gasteiger partial charge in [-0.2, -0.15) is 0 Å². The van der Waals surface area contributed by atoms with Gasteiger partial charge in [-0.3, -0.25) is 0 Å². The molecular weight excluding hydrogens is 270 g/mol. The van der Waals surface area contributed by atoms with Gasteiger partial charge in [0, 0.05) is 18.9 Å². The second kappa shape index (κ2) is 5.69. The summed E-state index contributed by atoms with van der Waals surface area (Å²) in [5, 5.41) is 12.2. The van der Waals surface area contributed by atoms with Crippen LogP contribution in [0, 0.1) is 0 Å². The Morgan fingerprint density at radius 1 is 1.29 bits per heavy atom. The molecule has 1 aromatic carbocycles. The van der Waals surface area contributed by atoms with Crippen LogP contribution in [0.2, 0.25) is 0 Å². The van der Waals surface area contributed by atoms with Crippen molar-refractivity contribution >= 4 is 5.69 Å². The van der Waals surface area contributed by atoms with E-state index in [0.29, 0.717) is 17.3 Å². The second-order valence-electron chi connectivity index (χ2n) is 5.18. The Balaban J connectivity index is 2.03. The minimum Gasteiger partial charge on any atom is -0.496 e. The summed E-state index contributed by atoms with van der Waals surface area (Å²) in [5.74, 6) is 1.35. The van der Waals surface area contributed by atoms with E-state index in [-0.39, 0.29) is 12.1 Å². The zero-order valence-electron chi connectivity index (χ0n) is 12.2. The molecule has 0 radical (unpaired) electrons. The summed E-state index contributed by atoms with van der Waals surface area (Å²) < 4.78 is 12.8. The number of benzene rings is 1. The highest BCUT2D eigenvalue weighted by Crippen LogP contribution is 2.36. The average molecular weight is 289 g/mol. The molecule has 0 spiro atoms. The van der Waals surface area contributed by atoms with Gasteiger partial charge in [-0.05, 0) is 41.8 Å². The van der Waals surface area contributed by atoms with E-state index in [9.17, 15) is 0 Å². The lowest BCUT2D eigenvalue weighted by Gasteiger charge is -2.19. The molecule has 1 fully saturated rings. The van der Waals surface area contributed by atoms with E-state index < -0.39 is 0 Å². The van der Waals surface area contributed by atoms with Gasteiger partial charge in [-0.1, -0.05) is 0 Å². The average Bonchev–Trinajstić information content (AvgIpc) is 3.14. The van der Waals surface area contributed by atoms with E-state index in [1.165, 1.54) is 0 Å². The number of anilines is 1. The lowest BCUT2D eigenvalue weighted by Crippen LogP contribution is -2.22. The van der Waals surface area contributed by atoms with Gasteiger partial charge in [0.2, 0.25) is 0 Å². The van der Waals surface area contributed by atoms with Crippen LogP contribution < -0.4 is 10.5 Å². The van der Waals surface area contributed by atoms with Crippen LogP contribution in [0.5, 0.6) is 5.75 Å². The number of aromatic nitrogens is 4. The number of methoxy groups -OCH3 is 2. The van der Waals surface area contributed by atoms with Gasteiger partial charge in [0.05, 0.1) is 24.8 Å². The molecule has 2 N–H and O–H groups in total. The molecule has 1 heterocycles. The largest absolute Gasteiger partial charge is 0.496 e. The number of rotatable bonds is 4. The van der Waals surface area contributed by atoms with Gasteiger partial charge in [0.1, 0.15) is 5.75 Å². The zero-order chi connectivity index (χ0) is 14.8. The van der Waals surface area contributed by atoms with Crippen LogP contribution in [0.1, 0.15) is 25.3 Å². The minimum absolute atomic E-state index is 0.145. The predicted octanol–water partition coefficient (Wildman–Crippen LogP) is 1.67. The molecule has 0 aliphatic heterocycles. The Kier molecular flexibility index (Phi) is 3.74. The van der Waals surface area contributed by atoms with Gasteiger partial charge in [-0.25, -0.2) is 4.68 Å². The van der Waals surface area contributed by atoms with Crippen molar-refractivity contribution in [3.8, 4) is 17.1 Å². The SMILES string of the molecule is COc1cc(N)ccc1-c1nnnn1C1CCCC1OC. The molecular formula is C14H19N5O2. The van der Waals surface area contributed by atoms with E-state index in [1.54, 1.807) is 20.3 Å². The normalized spacial score (nSPS) is 21.6. The third-order valence-electron chi connectivity index (χ3n) is 3.99. The van der Waals surface area contributed by atoms with Crippen LogP contribution in [0.3, 0.4) is 0 Å². The van der Waals surface area contributed by atoms with E-state index in [2.05, 4.69) is 15.5 Å². The molecule has 2 aromatic rings. The van der Waals surface area contributed by atoms with Crippen molar-refractivity contribution in [3.05, 3.63) is 18.2 Å². The third kappa shape index (κ3) is 2.44. The van der Waals surface area contributed by atoms with Crippen molar-refractivity contribution in [1.82, 2.24) is 20.2 Å². The number of hydrogen-bond acceptors (Lipinski definition) is 6. The highest BCUT2D eigenvalue weighted by molar-refractivity contribution is 5.67. The second-order valence-corrected chi connectivity index (χ2v) is 5.18. The topological polar surface area (TPSA) is 88.1 Å². The first-order valence-electron chi connectivity index (χ1n) is 6.99. The Morgan fingerprint density at radius 3 is 2.90 bits per heavy atom. The summed E-state index contributed by atoms with van der Waals surface area (Å²) in [5.41, 5.74) is 7.28. The molecule has 7 nitrogen and oxygen atoms in total. The molecule has 1 aromatic heterocycles. The van der Waals surface area contributed by atoms with Crippen LogP contribution in [0.4, 0.5) is 5.69 Å². The molecule has 1 aliphatic rings. The summed E-state index contributed by atoms with van der Waals surface area (Å²) in [6.07, 6.45) is 3.29. The molecule has 3 rings (SSSR count). The molecule has 1 saturated carbocycles. The summed E-state index contributed by atoms with van der Waals surface area (Å²) in [4.78, 5) is 0. The molecule has 21 heavy (non-hydrogen) atoms. The van der Waals surface area contributed by atoms with Crippen LogP contribution in [0.15, 0.2) is 18.2 Å². The van der Waals surface area contributed by atoms with Crippen LogP contribution in [-0.2, 0) is 4.74 Å². The highest BCUT2D eigenvalue weighted by Gasteiger charge is 2.32. The summed E-state index contributed by atoms with van der Waals surface area (Å²) in [6, 6.07) is 5.63. The molecule has 0 bridgehead atoms. The first-order valence-corrected chi connectivity index (χ1v) is 6.99. The fourth-order valence-electron chi connectivity index (χ4n) is 2.95. The third-order valence-corrected chi connectivity index (χ3v) is 3.99. The van der Waals surface area contributed by atoms with Crippen LogP contribution in [0.25, 0.3) is 11.4 Å². The number of ether oxygens (including phenoxy) is 2. The van der Waals surface area contributed by atoms with E-state index in [0.717, 1.165) is 24.8 Å². The molecule has 0 amide bonds. The Morgan fingerprint density at radius 2 is 2.14 bits per heavy atom. The minimum atomic E-state index is 0.145. The molecule has 2 atom stereocenters. The lowest BCUT2D eigenvalue weighted by molar-refractivity contribution is 0.0707. The smallest absolute Gasteiger partial charge is 0.186 e.